The molecule has 1 spiro atoms. The summed E-state index contributed by atoms with van der Waals surface area (Å²) in [5, 5.41) is 6.08. The number of nitrogens with zero attached hydrogens (tertiary/aromatic N) is 1. The van der Waals surface area contributed by atoms with Gasteiger partial charge in [0.25, 0.3) is 0 Å². The normalized spacial score (nSPS) is 19.6. The van der Waals surface area contributed by atoms with E-state index in [0.717, 1.165) is 31.5 Å². The van der Waals surface area contributed by atoms with Crippen molar-refractivity contribution in [2.45, 2.75) is 32.0 Å². The predicted octanol–water partition coefficient (Wildman–Crippen LogP) is 1.57. The van der Waals surface area contributed by atoms with Crippen molar-refractivity contribution in [3.05, 3.63) is 23.4 Å². The van der Waals surface area contributed by atoms with E-state index < -0.39 is 0 Å². The Bertz CT molecular complexity index is 481. The van der Waals surface area contributed by atoms with Crippen molar-refractivity contribution >= 4 is 24.1 Å². The number of aromatic nitrogens is 1. The first-order valence-corrected chi connectivity index (χ1v) is 6.31. The average molecular weight is 284 g/mol. The van der Waals surface area contributed by atoms with Gasteiger partial charge in [0.2, 0.25) is 5.91 Å². The second-order valence-corrected chi connectivity index (χ2v) is 4.94. The fourth-order valence-corrected chi connectivity index (χ4v) is 2.81. The first-order chi connectivity index (χ1) is 8.70. The smallest absolute Gasteiger partial charge is 0.222 e. The summed E-state index contributed by atoms with van der Waals surface area (Å²) in [6, 6.07) is 1.97. The number of pyridine rings is 1. The van der Waals surface area contributed by atoms with Crippen molar-refractivity contribution in [2.24, 2.45) is 0 Å². The standard InChI is InChI=1S/C13H17N3O2.ClH/c1-9(17)16-12-6-11-10(7-15-12)8-18-13(11)2-4-14-5-3-13;/h6-7,14H,2-5,8H2,1H3,(H,15,16,17);1H. The van der Waals surface area contributed by atoms with Crippen LogP contribution in [0.2, 0.25) is 0 Å². The monoisotopic (exact) mass is 283 g/mol. The Labute approximate surface area is 118 Å². The Hall–Kier alpha value is -1.17. The van der Waals surface area contributed by atoms with Gasteiger partial charge >= 0.3 is 0 Å². The van der Waals surface area contributed by atoms with Crippen molar-refractivity contribution in [3.8, 4) is 0 Å². The SMILES string of the molecule is CC(=O)Nc1cc2c(cn1)COC21CCNCC1.Cl. The van der Waals surface area contributed by atoms with Gasteiger partial charge < -0.3 is 15.4 Å². The number of rotatable bonds is 1. The van der Waals surface area contributed by atoms with Gasteiger partial charge in [0.05, 0.1) is 12.2 Å². The summed E-state index contributed by atoms with van der Waals surface area (Å²) in [4.78, 5) is 15.3. The number of amides is 1. The van der Waals surface area contributed by atoms with Crippen LogP contribution in [-0.2, 0) is 21.7 Å². The van der Waals surface area contributed by atoms with E-state index in [1.807, 2.05) is 12.3 Å². The number of nitrogens with one attached hydrogen (secondary N) is 2. The lowest BCUT2D eigenvalue weighted by Gasteiger charge is -2.34. The molecule has 0 bridgehead atoms. The van der Waals surface area contributed by atoms with Gasteiger partial charge in [0, 0.05) is 18.7 Å². The quantitative estimate of drug-likeness (QED) is 0.821. The molecule has 6 heteroatoms. The molecule has 3 rings (SSSR count). The van der Waals surface area contributed by atoms with Crippen LogP contribution in [-0.4, -0.2) is 24.0 Å². The fourth-order valence-electron chi connectivity index (χ4n) is 2.81. The van der Waals surface area contributed by atoms with Crippen LogP contribution in [0.25, 0.3) is 0 Å². The van der Waals surface area contributed by atoms with Gasteiger partial charge in [-0.05, 0) is 37.6 Å². The minimum atomic E-state index is -0.170. The number of halogens is 1. The first kappa shape index (κ1) is 14.2. The van der Waals surface area contributed by atoms with E-state index in [1.54, 1.807) is 0 Å². The highest BCUT2D eigenvalue weighted by atomic mass is 35.5. The highest BCUT2D eigenvalue weighted by Crippen LogP contribution is 2.43. The lowest BCUT2D eigenvalue weighted by Crippen LogP contribution is -2.39. The van der Waals surface area contributed by atoms with Crippen LogP contribution >= 0.6 is 12.4 Å². The Balaban J connectivity index is 0.00000133. The maximum atomic E-state index is 11.1. The van der Waals surface area contributed by atoms with E-state index in [1.165, 1.54) is 12.5 Å². The lowest BCUT2D eigenvalue weighted by atomic mass is 9.85. The zero-order valence-electron chi connectivity index (χ0n) is 10.9. The summed E-state index contributed by atoms with van der Waals surface area (Å²) in [6.45, 7) is 4.06. The second-order valence-electron chi connectivity index (χ2n) is 4.94. The number of hydrogen-bond acceptors (Lipinski definition) is 4. The van der Waals surface area contributed by atoms with Gasteiger partial charge in [-0.3, -0.25) is 4.79 Å². The van der Waals surface area contributed by atoms with Crippen LogP contribution in [0, 0.1) is 0 Å². The van der Waals surface area contributed by atoms with E-state index >= 15 is 0 Å². The zero-order valence-corrected chi connectivity index (χ0v) is 11.7. The van der Waals surface area contributed by atoms with Crippen LogP contribution in [0.15, 0.2) is 12.3 Å². The maximum absolute atomic E-state index is 11.1. The molecule has 2 aliphatic heterocycles. The summed E-state index contributed by atoms with van der Waals surface area (Å²) in [5.41, 5.74) is 2.17. The third kappa shape index (κ3) is 2.59. The minimum absolute atomic E-state index is 0. The maximum Gasteiger partial charge on any atom is 0.222 e. The number of ether oxygens (including phenoxy) is 1. The molecule has 19 heavy (non-hydrogen) atoms. The molecule has 1 aromatic heterocycles. The molecule has 1 amide bonds. The number of hydrogen-bond donors (Lipinski definition) is 2. The van der Waals surface area contributed by atoms with Crippen LogP contribution in [0.5, 0.6) is 0 Å². The van der Waals surface area contributed by atoms with Crippen LogP contribution in [0.1, 0.15) is 30.9 Å². The Morgan fingerprint density at radius 3 is 2.89 bits per heavy atom. The van der Waals surface area contributed by atoms with Gasteiger partial charge in [-0.15, -0.1) is 12.4 Å². The molecule has 0 atom stereocenters. The van der Waals surface area contributed by atoms with Crippen molar-refractivity contribution in [1.82, 2.24) is 10.3 Å². The molecule has 3 heterocycles. The Morgan fingerprint density at radius 2 is 2.21 bits per heavy atom. The molecule has 104 valence electrons. The molecule has 0 radical (unpaired) electrons. The molecule has 2 N–H and O–H groups in total. The summed E-state index contributed by atoms with van der Waals surface area (Å²) in [6.07, 6.45) is 3.77. The van der Waals surface area contributed by atoms with E-state index in [-0.39, 0.29) is 23.9 Å². The number of carbonyl (C=O) groups excluding carboxylic acids is 1. The largest absolute Gasteiger partial charge is 0.365 e. The van der Waals surface area contributed by atoms with Gasteiger partial charge in [-0.1, -0.05) is 0 Å². The van der Waals surface area contributed by atoms with Crippen LogP contribution in [0.3, 0.4) is 0 Å². The molecule has 2 aliphatic rings. The Morgan fingerprint density at radius 1 is 1.47 bits per heavy atom. The fraction of sp³-hybridized carbons (Fsp3) is 0.538. The first-order valence-electron chi connectivity index (χ1n) is 6.31. The molecule has 1 saturated heterocycles. The van der Waals surface area contributed by atoms with E-state index in [2.05, 4.69) is 15.6 Å². The van der Waals surface area contributed by atoms with Crippen molar-refractivity contribution in [2.75, 3.05) is 18.4 Å². The molecule has 0 unspecified atom stereocenters. The summed E-state index contributed by atoms with van der Waals surface area (Å²) in [5.74, 6) is 0.519. The third-order valence-corrected chi connectivity index (χ3v) is 3.70. The molecule has 0 aliphatic carbocycles. The molecule has 0 saturated carbocycles. The topological polar surface area (TPSA) is 63.2 Å². The van der Waals surface area contributed by atoms with Gasteiger partial charge in [-0.25, -0.2) is 4.98 Å². The van der Waals surface area contributed by atoms with Gasteiger partial charge in [0.1, 0.15) is 5.82 Å². The number of anilines is 1. The van der Waals surface area contributed by atoms with E-state index in [0.29, 0.717) is 12.4 Å². The number of fused-ring (bicyclic) bond motifs is 2. The number of carbonyl (C=O) groups is 1. The zero-order chi connectivity index (χ0) is 12.6. The van der Waals surface area contributed by atoms with Crippen molar-refractivity contribution < 1.29 is 9.53 Å². The highest BCUT2D eigenvalue weighted by molar-refractivity contribution is 5.87. The van der Waals surface area contributed by atoms with E-state index in [9.17, 15) is 4.79 Å². The molecule has 1 fully saturated rings. The van der Waals surface area contributed by atoms with E-state index in [4.69, 9.17) is 4.74 Å². The summed E-state index contributed by atoms with van der Waals surface area (Å²) >= 11 is 0. The van der Waals surface area contributed by atoms with Crippen LogP contribution < -0.4 is 10.6 Å². The predicted molar refractivity (Wildman–Crippen MR) is 74.4 cm³/mol. The molecular weight excluding hydrogens is 266 g/mol. The number of piperidine rings is 1. The molecule has 0 aromatic carbocycles. The molecular formula is C13H18ClN3O2. The lowest BCUT2D eigenvalue weighted by molar-refractivity contribution is -0.114. The minimum Gasteiger partial charge on any atom is -0.365 e. The Kier molecular flexibility index (Phi) is 4.08. The second kappa shape index (κ2) is 5.45. The van der Waals surface area contributed by atoms with Gasteiger partial charge in [0.15, 0.2) is 0 Å². The van der Waals surface area contributed by atoms with Crippen molar-refractivity contribution in [1.29, 1.82) is 0 Å². The van der Waals surface area contributed by atoms with Crippen LogP contribution in [0.4, 0.5) is 5.82 Å². The van der Waals surface area contributed by atoms with Gasteiger partial charge in [-0.2, -0.15) is 0 Å². The summed E-state index contributed by atoms with van der Waals surface area (Å²) < 4.78 is 6.02. The molecule has 5 nitrogen and oxygen atoms in total. The average Bonchev–Trinajstić information content (AvgIpc) is 2.69. The third-order valence-electron chi connectivity index (χ3n) is 3.70. The van der Waals surface area contributed by atoms with Crippen molar-refractivity contribution in [3.63, 3.8) is 0 Å². The highest BCUT2D eigenvalue weighted by Gasteiger charge is 2.41. The summed E-state index contributed by atoms with van der Waals surface area (Å²) in [7, 11) is 0. The molecule has 1 aromatic rings.